The number of nitrogens with one attached hydrogen (secondary N) is 1. The van der Waals surface area contributed by atoms with Gasteiger partial charge in [-0.3, -0.25) is 0 Å². The molecule has 0 aromatic carbocycles. The van der Waals surface area contributed by atoms with Crippen molar-refractivity contribution in [1.29, 1.82) is 0 Å². The zero-order chi connectivity index (χ0) is 12.4. The second-order valence-corrected chi connectivity index (χ2v) is 3.34. The number of hydrogen-bond acceptors (Lipinski definition) is 5. The number of azide groups is 1. The van der Waals surface area contributed by atoms with Gasteiger partial charge in [0.2, 0.25) is 0 Å². The molecule has 1 unspecified atom stereocenters. The van der Waals surface area contributed by atoms with E-state index < -0.39 is 11.5 Å². The van der Waals surface area contributed by atoms with E-state index in [0.29, 0.717) is 13.2 Å². The molecule has 7 nitrogen and oxygen atoms in total. The summed E-state index contributed by atoms with van der Waals surface area (Å²) in [4.78, 5) is 14.2. The fourth-order valence-electron chi connectivity index (χ4n) is 1.14. The molecule has 0 aromatic heterocycles. The van der Waals surface area contributed by atoms with Crippen molar-refractivity contribution in [2.45, 2.75) is 19.4 Å². The highest BCUT2D eigenvalue weighted by molar-refractivity contribution is 5.80. The average molecular weight is 230 g/mol. The minimum Gasteiger partial charge on any atom is -0.468 e. The van der Waals surface area contributed by atoms with E-state index in [1.807, 2.05) is 6.92 Å². The van der Waals surface area contributed by atoms with E-state index in [-0.39, 0.29) is 13.2 Å². The molecule has 0 aliphatic heterocycles. The molecule has 0 bridgehead atoms. The zero-order valence-corrected chi connectivity index (χ0v) is 9.89. The minimum absolute atomic E-state index is 0.215. The van der Waals surface area contributed by atoms with Crippen LogP contribution in [0.4, 0.5) is 0 Å². The number of methoxy groups -OCH3 is 1. The normalized spacial score (nSPS) is 13.7. The Morgan fingerprint density at radius 2 is 2.31 bits per heavy atom. The molecule has 0 spiro atoms. The molecule has 7 heteroatoms. The first-order valence-corrected chi connectivity index (χ1v) is 5.02. The van der Waals surface area contributed by atoms with Gasteiger partial charge < -0.3 is 14.8 Å². The van der Waals surface area contributed by atoms with Gasteiger partial charge in [-0.25, -0.2) is 4.79 Å². The summed E-state index contributed by atoms with van der Waals surface area (Å²) in [5.74, 6) is -0.401. The van der Waals surface area contributed by atoms with Crippen LogP contribution in [0, 0.1) is 0 Å². The predicted molar refractivity (Wildman–Crippen MR) is 58.9 cm³/mol. The molecule has 0 fully saturated rings. The molecule has 0 radical (unpaired) electrons. The van der Waals surface area contributed by atoms with Crippen molar-refractivity contribution in [3.63, 3.8) is 0 Å². The van der Waals surface area contributed by atoms with Crippen molar-refractivity contribution in [2.75, 3.05) is 33.4 Å². The monoisotopic (exact) mass is 230 g/mol. The van der Waals surface area contributed by atoms with Crippen LogP contribution in [0.25, 0.3) is 10.4 Å². The Morgan fingerprint density at radius 1 is 1.62 bits per heavy atom. The summed E-state index contributed by atoms with van der Waals surface area (Å²) in [5.41, 5.74) is 7.20. The smallest absolute Gasteiger partial charge is 0.328 e. The summed E-state index contributed by atoms with van der Waals surface area (Å²) >= 11 is 0. The Hall–Kier alpha value is -1.30. The Morgan fingerprint density at radius 3 is 2.81 bits per heavy atom. The van der Waals surface area contributed by atoms with E-state index >= 15 is 0 Å². The van der Waals surface area contributed by atoms with Crippen LogP contribution in [0.2, 0.25) is 0 Å². The molecule has 92 valence electrons. The molecule has 0 aromatic rings. The number of nitrogens with zero attached hydrogens (tertiary/aromatic N) is 3. The molecule has 0 aliphatic carbocycles. The summed E-state index contributed by atoms with van der Waals surface area (Å²) in [7, 11) is 1.32. The fraction of sp³-hybridized carbons (Fsp3) is 0.889. The highest BCUT2D eigenvalue weighted by atomic mass is 16.5. The molecule has 0 heterocycles. The van der Waals surface area contributed by atoms with Gasteiger partial charge in [0.25, 0.3) is 0 Å². The Balaban J connectivity index is 4.28. The maximum absolute atomic E-state index is 11.5. The van der Waals surface area contributed by atoms with Crippen LogP contribution in [0.1, 0.15) is 13.8 Å². The lowest BCUT2D eigenvalue weighted by Crippen LogP contribution is -2.54. The van der Waals surface area contributed by atoms with Crippen molar-refractivity contribution >= 4 is 5.97 Å². The van der Waals surface area contributed by atoms with Gasteiger partial charge in [0.1, 0.15) is 5.54 Å². The van der Waals surface area contributed by atoms with Gasteiger partial charge in [-0.2, -0.15) is 0 Å². The summed E-state index contributed by atoms with van der Waals surface area (Å²) in [6, 6.07) is 0. The van der Waals surface area contributed by atoms with Gasteiger partial charge in [0.15, 0.2) is 0 Å². The molecular formula is C9H18N4O3. The van der Waals surface area contributed by atoms with E-state index in [0.717, 1.165) is 0 Å². The van der Waals surface area contributed by atoms with Crippen molar-refractivity contribution in [3.8, 4) is 0 Å². The second kappa shape index (κ2) is 7.92. The largest absolute Gasteiger partial charge is 0.468 e. The summed E-state index contributed by atoms with van der Waals surface area (Å²) in [5, 5.41) is 6.32. The van der Waals surface area contributed by atoms with E-state index in [1.165, 1.54) is 7.11 Å². The molecule has 0 rings (SSSR count). The van der Waals surface area contributed by atoms with Crippen LogP contribution in [-0.2, 0) is 14.3 Å². The Bertz CT molecular complexity index is 265. The lowest BCUT2D eigenvalue weighted by atomic mass is 10.0. The maximum Gasteiger partial charge on any atom is 0.328 e. The first kappa shape index (κ1) is 14.7. The van der Waals surface area contributed by atoms with Crippen LogP contribution in [-0.4, -0.2) is 44.9 Å². The van der Waals surface area contributed by atoms with Crippen molar-refractivity contribution in [2.24, 2.45) is 5.11 Å². The molecule has 0 saturated carbocycles. The molecular weight excluding hydrogens is 212 g/mol. The molecule has 16 heavy (non-hydrogen) atoms. The first-order chi connectivity index (χ1) is 7.60. The van der Waals surface area contributed by atoms with Gasteiger partial charge in [0, 0.05) is 24.6 Å². The standard InChI is InChI=1S/C9H18N4O3/c1-4-16-7-9(2,8(14)15-3)11-5-6-12-13-10/h11H,4-7H2,1-3H3. The fourth-order valence-corrected chi connectivity index (χ4v) is 1.14. The van der Waals surface area contributed by atoms with Gasteiger partial charge in [-0.15, -0.1) is 0 Å². The van der Waals surface area contributed by atoms with E-state index in [9.17, 15) is 4.79 Å². The third kappa shape index (κ3) is 4.97. The lowest BCUT2D eigenvalue weighted by molar-refractivity contribution is -0.150. The number of ether oxygens (including phenoxy) is 2. The minimum atomic E-state index is -0.907. The maximum atomic E-state index is 11.5. The average Bonchev–Trinajstić information content (AvgIpc) is 2.31. The third-order valence-electron chi connectivity index (χ3n) is 2.02. The molecule has 1 atom stereocenters. The Kier molecular flexibility index (Phi) is 7.28. The highest BCUT2D eigenvalue weighted by Gasteiger charge is 2.33. The molecule has 1 N–H and O–H groups in total. The number of carbonyl (C=O) groups is 1. The van der Waals surface area contributed by atoms with Crippen LogP contribution in [0.5, 0.6) is 0 Å². The number of carbonyl (C=O) groups excluding carboxylic acids is 1. The van der Waals surface area contributed by atoms with Crippen LogP contribution in [0.3, 0.4) is 0 Å². The van der Waals surface area contributed by atoms with Crippen LogP contribution in [0.15, 0.2) is 5.11 Å². The van der Waals surface area contributed by atoms with Crippen molar-refractivity contribution in [1.82, 2.24) is 5.32 Å². The lowest BCUT2D eigenvalue weighted by Gasteiger charge is -2.27. The van der Waals surface area contributed by atoms with Crippen molar-refractivity contribution < 1.29 is 14.3 Å². The molecule has 0 saturated heterocycles. The number of esters is 1. The number of hydrogen-bond donors (Lipinski definition) is 1. The third-order valence-corrected chi connectivity index (χ3v) is 2.02. The quantitative estimate of drug-likeness (QED) is 0.220. The topological polar surface area (TPSA) is 96.3 Å². The van der Waals surface area contributed by atoms with Crippen LogP contribution < -0.4 is 5.32 Å². The molecule has 0 amide bonds. The Labute approximate surface area is 94.7 Å². The van der Waals surface area contributed by atoms with E-state index in [4.69, 9.17) is 10.3 Å². The summed E-state index contributed by atoms with van der Waals surface area (Å²) in [6.45, 7) is 4.93. The van der Waals surface area contributed by atoms with E-state index in [1.54, 1.807) is 6.92 Å². The zero-order valence-electron chi connectivity index (χ0n) is 9.89. The van der Waals surface area contributed by atoms with E-state index in [2.05, 4.69) is 20.1 Å². The predicted octanol–water partition coefficient (Wildman–Crippen LogP) is 0.854. The summed E-state index contributed by atoms with van der Waals surface area (Å²) < 4.78 is 9.90. The van der Waals surface area contributed by atoms with Gasteiger partial charge in [-0.05, 0) is 19.4 Å². The van der Waals surface area contributed by atoms with Gasteiger partial charge in [-0.1, -0.05) is 5.11 Å². The first-order valence-electron chi connectivity index (χ1n) is 5.02. The van der Waals surface area contributed by atoms with Gasteiger partial charge in [0.05, 0.1) is 13.7 Å². The van der Waals surface area contributed by atoms with Crippen LogP contribution >= 0.6 is 0 Å². The second-order valence-electron chi connectivity index (χ2n) is 3.34. The van der Waals surface area contributed by atoms with Gasteiger partial charge >= 0.3 is 5.97 Å². The number of rotatable bonds is 8. The molecule has 0 aliphatic rings. The summed E-state index contributed by atoms with van der Waals surface area (Å²) in [6.07, 6.45) is 0. The highest BCUT2D eigenvalue weighted by Crippen LogP contribution is 2.07. The van der Waals surface area contributed by atoms with Crippen molar-refractivity contribution in [3.05, 3.63) is 10.4 Å². The SMILES string of the molecule is CCOCC(C)(NCCN=[N+]=[N-])C(=O)OC.